The third-order valence-electron chi connectivity index (χ3n) is 5.17. The summed E-state index contributed by atoms with van der Waals surface area (Å²) in [4.78, 5) is 2.35. The van der Waals surface area contributed by atoms with Crippen LogP contribution in [-0.2, 0) is 13.0 Å². The number of hydrogen-bond acceptors (Lipinski definition) is 2. The van der Waals surface area contributed by atoms with Crippen LogP contribution in [0.15, 0.2) is 60.9 Å². The molecular formula is C24H30N2. The van der Waals surface area contributed by atoms with Gasteiger partial charge in [0.05, 0.1) is 5.82 Å². The summed E-state index contributed by atoms with van der Waals surface area (Å²) in [6, 6.07) is 15.6. The Morgan fingerprint density at radius 3 is 2.50 bits per heavy atom. The Kier molecular flexibility index (Phi) is 5.82. The first-order valence-electron chi connectivity index (χ1n) is 9.50. The summed E-state index contributed by atoms with van der Waals surface area (Å²) >= 11 is 0. The fraction of sp³-hybridized carbons (Fsp3) is 0.333. The van der Waals surface area contributed by atoms with E-state index >= 15 is 0 Å². The predicted molar refractivity (Wildman–Crippen MR) is 112 cm³/mol. The van der Waals surface area contributed by atoms with Gasteiger partial charge in [0, 0.05) is 19.6 Å². The highest BCUT2D eigenvalue weighted by Crippen LogP contribution is 2.23. The van der Waals surface area contributed by atoms with Crippen molar-refractivity contribution in [2.24, 2.45) is 5.92 Å². The maximum Gasteiger partial charge on any atom is 0.0941 e. The Labute approximate surface area is 158 Å². The zero-order chi connectivity index (χ0) is 18.5. The van der Waals surface area contributed by atoms with Crippen LogP contribution in [0.1, 0.15) is 34.7 Å². The number of benzene rings is 2. The minimum absolute atomic E-state index is 0.733. The zero-order valence-electron chi connectivity index (χ0n) is 16.3. The highest BCUT2D eigenvalue weighted by Gasteiger charge is 2.27. The van der Waals surface area contributed by atoms with Gasteiger partial charge in [0.15, 0.2) is 0 Å². The van der Waals surface area contributed by atoms with Gasteiger partial charge < -0.3 is 10.2 Å². The molecule has 2 aromatic rings. The van der Waals surface area contributed by atoms with Crippen LogP contribution in [0.5, 0.6) is 0 Å². The third-order valence-corrected chi connectivity index (χ3v) is 5.17. The van der Waals surface area contributed by atoms with E-state index in [4.69, 9.17) is 0 Å². The average Bonchev–Trinajstić information content (AvgIpc) is 2.60. The van der Waals surface area contributed by atoms with E-state index in [1.54, 1.807) is 0 Å². The SMILES string of the molecule is C=C(NCc1ccc(C)c(/C=C\C)c1)N1CC(Cc2ccc(C)cc2)C1. The first kappa shape index (κ1) is 18.3. The summed E-state index contributed by atoms with van der Waals surface area (Å²) in [6.45, 7) is 13.6. The van der Waals surface area contributed by atoms with Crippen molar-refractivity contribution < 1.29 is 0 Å². The molecule has 1 heterocycles. The van der Waals surface area contributed by atoms with Gasteiger partial charge in [0.25, 0.3) is 0 Å². The lowest BCUT2D eigenvalue weighted by atomic mass is 9.92. The van der Waals surface area contributed by atoms with E-state index in [2.05, 4.69) is 92.2 Å². The second-order valence-electron chi connectivity index (χ2n) is 7.45. The van der Waals surface area contributed by atoms with Crippen LogP contribution >= 0.6 is 0 Å². The summed E-state index contributed by atoms with van der Waals surface area (Å²) in [5.41, 5.74) is 6.67. The Bertz CT molecular complexity index is 780. The molecule has 2 heteroatoms. The molecule has 0 saturated carbocycles. The quantitative estimate of drug-likeness (QED) is 0.753. The van der Waals surface area contributed by atoms with Gasteiger partial charge in [0.1, 0.15) is 0 Å². The highest BCUT2D eigenvalue weighted by atomic mass is 15.3. The van der Waals surface area contributed by atoms with Crippen LogP contribution in [-0.4, -0.2) is 18.0 Å². The van der Waals surface area contributed by atoms with Crippen molar-refractivity contribution in [3.8, 4) is 0 Å². The average molecular weight is 347 g/mol. The maximum absolute atomic E-state index is 4.22. The molecule has 2 nitrogen and oxygen atoms in total. The molecule has 136 valence electrons. The topological polar surface area (TPSA) is 15.3 Å². The molecule has 0 radical (unpaired) electrons. The normalized spacial score (nSPS) is 14.5. The molecule has 1 aliphatic rings. The monoisotopic (exact) mass is 346 g/mol. The lowest BCUT2D eigenvalue weighted by molar-refractivity contribution is 0.133. The van der Waals surface area contributed by atoms with Crippen molar-refractivity contribution in [2.45, 2.75) is 33.7 Å². The molecule has 0 aromatic heterocycles. The van der Waals surface area contributed by atoms with Gasteiger partial charge in [-0.25, -0.2) is 0 Å². The van der Waals surface area contributed by atoms with Gasteiger partial charge >= 0.3 is 0 Å². The van der Waals surface area contributed by atoms with E-state index in [9.17, 15) is 0 Å². The first-order valence-corrected chi connectivity index (χ1v) is 9.50. The second-order valence-corrected chi connectivity index (χ2v) is 7.45. The highest BCUT2D eigenvalue weighted by molar-refractivity contribution is 5.54. The smallest absolute Gasteiger partial charge is 0.0941 e. The molecule has 3 rings (SSSR count). The molecule has 1 N–H and O–H groups in total. The number of nitrogens with zero attached hydrogens (tertiary/aromatic N) is 1. The maximum atomic E-state index is 4.22. The first-order chi connectivity index (χ1) is 12.5. The minimum Gasteiger partial charge on any atom is -0.368 e. The van der Waals surface area contributed by atoms with E-state index in [-0.39, 0.29) is 0 Å². The fourth-order valence-corrected chi connectivity index (χ4v) is 3.45. The summed E-state index contributed by atoms with van der Waals surface area (Å²) in [7, 11) is 0. The lowest BCUT2D eigenvalue weighted by Gasteiger charge is -2.42. The van der Waals surface area contributed by atoms with Gasteiger partial charge in [-0.2, -0.15) is 0 Å². The fourth-order valence-electron chi connectivity index (χ4n) is 3.45. The number of aryl methyl sites for hydroxylation is 2. The molecule has 1 aliphatic heterocycles. The Balaban J connectivity index is 1.45. The molecule has 1 saturated heterocycles. The van der Waals surface area contributed by atoms with Crippen LogP contribution in [0.25, 0.3) is 6.08 Å². The summed E-state index contributed by atoms with van der Waals surface area (Å²) in [6.07, 6.45) is 5.42. The zero-order valence-corrected chi connectivity index (χ0v) is 16.3. The second kappa shape index (κ2) is 8.27. The molecule has 0 amide bonds. The molecule has 1 fully saturated rings. The van der Waals surface area contributed by atoms with Crippen molar-refractivity contribution >= 4 is 6.08 Å². The minimum atomic E-state index is 0.733. The molecule has 0 atom stereocenters. The molecule has 0 spiro atoms. The number of nitrogens with one attached hydrogen (secondary N) is 1. The summed E-state index contributed by atoms with van der Waals surface area (Å²) < 4.78 is 0. The summed E-state index contributed by atoms with van der Waals surface area (Å²) in [5, 5.41) is 3.49. The van der Waals surface area contributed by atoms with E-state index in [1.807, 2.05) is 0 Å². The third kappa shape index (κ3) is 4.57. The van der Waals surface area contributed by atoms with Gasteiger partial charge in [0.2, 0.25) is 0 Å². The Hall–Kier alpha value is -2.48. The van der Waals surface area contributed by atoms with Crippen molar-refractivity contribution in [1.82, 2.24) is 10.2 Å². The van der Waals surface area contributed by atoms with Gasteiger partial charge in [-0.1, -0.05) is 60.7 Å². The van der Waals surface area contributed by atoms with Crippen molar-refractivity contribution in [1.29, 1.82) is 0 Å². The van der Waals surface area contributed by atoms with E-state index in [1.165, 1.54) is 27.8 Å². The molecule has 26 heavy (non-hydrogen) atoms. The van der Waals surface area contributed by atoms with E-state index in [0.29, 0.717) is 0 Å². The molecule has 0 aliphatic carbocycles. The van der Waals surface area contributed by atoms with Crippen molar-refractivity contribution in [3.05, 3.63) is 88.8 Å². The number of allylic oxidation sites excluding steroid dienone is 1. The van der Waals surface area contributed by atoms with Crippen LogP contribution in [0.4, 0.5) is 0 Å². The van der Waals surface area contributed by atoms with Gasteiger partial charge in [-0.05, 0) is 61.4 Å². The van der Waals surface area contributed by atoms with Gasteiger partial charge in [-0.15, -0.1) is 0 Å². The summed E-state index contributed by atoms with van der Waals surface area (Å²) in [5.74, 6) is 1.77. The van der Waals surface area contributed by atoms with Crippen LogP contribution in [0.3, 0.4) is 0 Å². The lowest BCUT2D eigenvalue weighted by Crippen LogP contribution is -2.49. The Morgan fingerprint density at radius 2 is 1.81 bits per heavy atom. The predicted octanol–water partition coefficient (Wildman–Crippen LogP) is 5.07. The van der Waals surface area contributed by atoms with Crippen LogP contribution in [0.2, 0.25) is 0 Å². The number of likely N-dealkylation sites (tertiary alicyclic amines) is 1. The van der Waals surface area contributed by atoms with E-state index < -0.39 is 0 Å². The Morgan fingerprint density at radius 1 is 1.12 bits per heavy atom. The van der Waals surface area contributed by atoms with Crippen LogP contribution < -0.4 is 5.32 Å². The molecule has 2 aromatic carbocycles. The number of rotatable bonds is 7. The van der Waals surface area contributed by atoms with Crippen LogP contribution in [0, 0.1) is 19.8 Å². The molecule has 0 bridgehead atoms. The standard InChI is InChI=1S/C24H30N2/c1-5-6-24-14-22(12-9-19(24)3)15-25-20(4)26-16-23(17-26)13-21-10-7-18(2)8-11-21/h5-12,14,23,25H,4,13,15-17H2,1-3H3/b6-5-. The van der Waals surface area contributed by atoms with Gasteiger partial charge in [-0.3, -0.25) is 0 Å². The molecular weight excluding hydrogens is 316 g/mol. The van der Waals surface area contributed by atoms with Crippen molar-refractivity contribution in [3.63, 3.8) is 0 Å². The number of hydrogen-bond donors (Lipinski definition) is 1. The molecule has 0 unspecified atom stereocenters. The van der Waals surface area contributed by atoms with E-state index in [0.717, 1.165) is 37.8 Å². The largest absolute Gasteiger partial charge is 0.368 e. The van der Waals surface area contributed by atoms with Crippen molar-refractivity contribution in [2.75, 3.05) is 13.1 Å².